The van der Waals surface area contributed by atoms with Gasteiger partial charge in [0, 0.05) is 45.5 Å². The first-order valence-electron chi connectivity index (χ1n) is 9.87. The normalized spacial score (nSPS) is 16.5. The molecule has 2 N–H and O–H groups in total. The van der Waals surface area contributed by atoms with Crippen LogP contribution in [0.1, 0.15) is 23.4 Å². The Morgan fingerprint density at radius 1 is 1.31 bits per heavy atom. The Kier molecular flexibility index (Phi) is 8.60. The standard InChI is InChI=1S/C21H32N6O.HI/c1-15-18(16(2)26(4)25-15)10-12-23-21(22-3)24-17-11-13-27(14-17)19-8-6-7-9-20(19)28-5;/h6-9,17H,10-14H2,1-5H3,(H2,22,23,24);1H. The Balaban J connectivity index is 0.00000300. The number of para-hydroxylation sites is 2. The van der Waals surface area contributed by atoms with Crippen LogP contribution in [-0.4, -0.2) is 55.6 Å². The maximum Gasteiger partial charge on any atom is 0.191 e. The first-order chi connectivity index (χ1) is 13.5. The fourth-order valence-electron chi connectivity index (χ4n) is 3.86. The van der Waals surface area contributed by atoms with E-state index in [9.17, 15) is 0 Å². The summed E-state index contributed by atoms with van der Waals surface area (Å²) in [5, 5.41) is 11.5. The third-order valence-electron chi connectivity index (χ3n) is 5.50. The predicted octanol–water partition coefficient (Wildman–Crippen LogP) is 2.65. The zero-order valence-electron chi connectivity index (χ0n) is 18.0. The van der Waals surface area contributed by atoms with Crippen LogP contribution in [0, 0.1) is 13.8 Å². The Morgan fingerprint density at radius 2 is 2.07 bits per heavy atom. The van der Waals surface area contributed by atoms with Crippen molar-refractivity contribution >= 4 is 35.6 Å². The summed E-state index contributed by atoms with van der Waals surface area (Å²) in [4.78, 5) is 6.76. The molecule has 3 rings (SSSR count). The highest BCUT2D eigenvalue weighted by Crippen LogP contribution is 2.30. The van der Waals surface area contributed by atoms with Gasteiger partial charge in [-0.3, -0.25) is 9.67 Å². The minimum atomic E-state index is 0. The van der Waals surface area contributed by atoms with E-state index in [1.54, 1.807) is 7.11 Å². The van der Waals surface area contributed by atoms with E-state index in [0.29, 0.717) is 6.04 Å². The first kappa shape index (κ1) is 23.3. The maximum atomic E-state index is 5.51. The van der Waals surface area contributed by atoms with E-state index >= 15 is 0 Å². The van der Waals surface area contributed by atoms with Crippen LogP contribution in [-0.2, 0) is 13.5 Å². The number of ether oxygens (including phenoxy) is 1. The van der Waals surface area contributed by atoms with Gasteiger partial charge in [0.1, 0.15) is 5.75 Å². The lowest BCUT2D eigenvalue weighted by molar-refractivity contribution is 0.415. The Hall–Kier alpha value is -1.97. The predicted molar refractivity (Wildman–Crippen MR) is 130 cm³/mol. The lowest BCUT2D eigenvalue weighted by atomic mass is 10.1. The van der Waals surface area contributed by atoms with Gasteiger partial charge in [-0.15, -0.1) is 24.0 Å². The molecule has 1 aromatic carbocycles. The number of aliphatic imine (C=N–C) groups is 1. The molecular formula is C21H33IN6O. The molecule has 0 saturated carbocycles. The van der Waals surface area contributed by atoms with Crippen LogP contribution < -0.4 is 20.3 Å². The van der Waals surface area contributed by atoms with Crippen LogP contribution in [0.25, 0.3) is 0 Å². The minimum absolute atomic E-state index is 0. The summed E-state index contributed by atoms with van der Waals surface area (Å²) in [7, 11) is 5.54. The lowest BCUT2D eigenvalue weighted by Gasteiger charge is -2.22. The zero-order chi connectivity index (χ0) is 20.1. The number of rotatable bonds is 6. The van der Waals surface area contributed by atoms with E-state index in [2.05, 4.69) is 51.6 Å². The molecule has 2 heterocycles. The van der Waals surface area contributed by atoms with E-state index in [4.69, 9.17) is 4.74 Å². The van der Waals surface area contributed by atoms with Gasteiger partial charge in [0.05, 0.1) is 18.5 Å². The number of hydrogen-bond donors (Lipinski definition) is 2. The lowest BCUT2D eigenvalue weighted by Crippen LogP contribution is -2.45. The molecule has 0 aliphatic carbocycles. The highest BCUT2D eigenvalue weighted by atomic mass is 127. The molecule has 29 heavy (non-hydrogen) atoms. The van der Waals surface area contributed by atoms with E-state index in [-0.39, 0.29) is 24.0 Å². The molecule has 1 unspecified atom stereocenters. The second kappa shape index (κ2) is 10.7. The molecule has 1 aliphatic heterocycles. The molecule has 1 aliphatic rings. The molecule has 2 aromatic rings. The molecule has 7 nitrogen and oxygen atoms in total. The molecule has 1 fully saturated rings. The average molecular weight is 512 g/mol. The summed E-state index contributed by atoms with van der Waals surface area (Å²) in [6, 6.07) is 8.55. The fourth-order valence-corrected chi connectivity index (χ4v) is 3.86. The van der Waals surface area contributed by atoms with Gasteiger partial charge in [0.25, 0.3) is 0 Å². The number of benzene rings is 1. The number of methoxy groups -OCH3 is 1. The van der Waals surface area contributed by atoms with Crippen molar-refractivity contribution in [3.05, 3.63) is 41.2 Å². The van der Waals surface area contributed by atoms with Gasteiger partial charge in [-0.2, -0.15) is 5.10 Å². The summed E-state index contributed by atoms with van der Waals surface area (Å²) in [6.45, 7) is 6.95. The van der Waals surface area contributed by atoms with Crippen molar-refractivity contribution in [1.29, 1.82) is 0 Å². The highest BCUT2D eigenvalue weighted by molar-refractivity contribution is 14.0. The molecule has 0 bridgehead atoms. The van der Waals surface area contributed by atoms with E-state index in [1.807, 2.05) is 30.9 Å². The van der Waals surface area contributed by atoms with Gasteiger partial charge >= 0.3 is 0 Å². The minimum Gasteiger partial charge on any atom is -0.495 e. The van der Waals surface area contributed by atoms with Crippen molar-refractivity contribution in [2.75, 3.05) is 38.7 Å². The number of halogens is 1. The molecule has 1 atom stereocenters. The second-order valence-electron chi connectivity index (χ2n) is 7.27. The molecular weight excluding hydrogens is 479 g/mol. The second-order valence-corrected chi connectivity index (χ2v) is 7.27. The molecule has 160 valence electrons. The largest absolute Gasteiger partial charge is 0.495 e. The molecule has 8 heteroatoms. The topological polar surface area (TPSA) is 66.7 Å². The van der Waals surface area contributed by atoms with Crippen molar-refractivity contribution in [2.24, 2.45) is 12.0 Å². The Morgan fingerprint density at radius 3 is 2.72 bits per heavy atom. The van der Waals surface area contributed by atoms with Crippen LogP contribution >= 0.6 is 24.0 Å². The smallest absolute Gasteiger partial charge is 0.191 e. The number of aryl methyl sites for hydroxylation is 2. The van der Waals surface area contributed by atoms with Gasteiger partial charge in [0.15, 0.2) is 5.96 Å². The van der Waals surface area contributed by atoms with E-state index < -0.39 is 0 Å². The third-order valence-corrected chi connectivity index (χ3v) is 5.50. The summed E-state index contributed by atoms with van der Waals surface area (Å²) in [5.74, 6) is 1.78. The van der Waals surface area contributed by atoms with Gasteiger partial charge in [0.2, 0.25) is 0 Å². The van der Waals surface area contributed by atoms with Gasteiger partial charge in [-0.1, -0.05) is 12.1 Å². The number of nitrogens with zero attached hydrogens (tertiary/aromatic N) is 4. The zero-order valence-corrected chi connectivity index (χ0v) is 20.4. The molecule has 0 spiro atoms. The Labute approximate surface area is 190 Å². The number of nitrogens with one attached hydrogen (secondary N) is 2. The number of aromatic nitrogens is 2. The van der Waals surface area contributed by atoms with Gasteiger partial charge < -0.3 is 20.3 Å². The SMILES string of the molecule is CN=C(NCCc1c(C)nn(C)c1C)NC1CCN(c2ccccc2OC)C1.I. The van der Waals surface area contributed by atoms with Crippen molar-refractivity contribution in [3.63, 3.8) is 0 Å². The fraction of sp³-hybridized carbons (Fsp3) is 0.524. The van der Waals surface area contributed by atoms with Crippen molar-refractivity contribution in [1.82, 2.24) is 20.4 Å². The van der Waals surface area contributed by atoms with Crippen LogP contribution in [0.3, 0.4) is 0 Å². The molecule has 1 saturated heterocycles. The van der Waals surface area contributed by atoms with Crippen molar-refractivity contribution in [2.45, 2.75) is 32.7 Å². The average Bonchev–Trinajstić information content (AvgIpc) is 3.26. The van der Waals surface area contributed by atoms with E-state index in [0.717, 1.165) is 55.6 Å². The third kappa shape index (κ3) is 5.55. The summed E-state index contributed by atoms with van der Waals surface area (Å²) >= 11 is 0. The van der Waals surface area contributed by atoms with Gasteiger partial charge in [-0.05, 0) is 44.4 Å². The molecule has 0 amide bonds. The number of anilines is 1. The maximum absolute atomic E-state index is 5.51. The quantitative estimate of drug-likeness (QED) is 0.354. The van der Waals surface area contributed by atoms with Crippen LogP contribution in [0.15, 0.2) is 29.3 Å². The summed E-state index contributed by atoms with van der Waals surface area (Å²) in [6.07, 6.45) is 2.00. The number of guanidine groups is 1. The molecule has 1 aromatic heterocycles. The van der Waals surface area contributed by atoms with E-state index in [1.165, 1.54) is 11.3 Å². The Bertz CT molecular complexity index is 835. The summed E-state index contributed by atoms with van der Waals surface area (Å²) < 4.78 is 7.45. The van der Waals surface area contributed by atoms with Crippen LogP contribution in [0.5, 0.6) is 5.75 Å². The highest BCUT2D eigenvalue weighted by Gasteiger charge is 2.25. The molecule has 0 radical (unpaired) electrons. The van der Waals surface area contributed by atoms with Crippen LogP contribution in [0.2, 0.25) is 0 Å². The monoisotopic (exact) mass is 512 g/mol. The first-order valence-corrected chi connectivity index (χ1v) is 9.87. The summed E-state index contributed by atoms with van der Waals surface area (Å²) in [5.41, 5.74) is 4.80. The van der Waals surface area contributed by atoms with Crippen molar-refractivity contribution < 1.29 is 4.74 Å². The van der Waals surface area contributed by atoms with Gasteiger partial charge in [-0.25, -0.2) is 0 Å². The van der Waals surface area contributed by atoms with Crippen molar-refractivity contribution in [3.8, 4) is 5.75 Å². The number of hydrogen-bond acceptors (Lipinski definition) is 4. The van der Waals surface area contributed by atoms with Crippen LogP contribution in [0.4, 0.5) is 5.69 Å².